The molecule has 0 saturated carbocycles. The van der Waals surface area contributed by atoms with Gasteiger partial charge in [0, 0.05) is 5.56 Å². The molecule has 0 spiro atoms. The molecule has 4 heteroatoms. The van der Waals surface area contributed by atoms with E-state index in [-0.39, 0.29) is 16.5 Å². The maximum atomic E-state index is 8.94. The topological polar surface area (TPSA) is 72.0 Å². The van der Waals surface area contributed by atoms with Crippen molar-refractivity contribution in [1.29, 1.82) is 10.5 Å². The molecule has 0 heterocycles. The number of nitrogens with zero attached hydrogens (tertiary/aromatic N) is 3. The van der Waals surface area contributed by atoms with Crippen LogP contribution in [0.4, 0.5) is 5.69 Å². The van der Waals surface area contributed by atoms with Crippen LogP contribution in [0.15, 0.2) is 47.6 Å². The van der Waals surface area contributed by atoms with Crippen molar-refractivity contribution in [3.05, 3.63) is 53.6 Å². The number of benzene rings is 2. The number of hydrogen-bond acceptors (Lipinski definition) is 4. The average molecular weight is 358 g/mol. The summed E-state index contributed by atoms with van der Waals surface area (Å²) in [6.07, 6.45) is 0. The summed E-state index contributed by atoms with van der Waals surface area (Å²) in [4.78, 5) is 0. The minimum absolute atomic E-state index is 0.0257. The summed E-state index contributed by atoms with van der Waals surface area (Å²) in [5, 5.41) is 21.8. The quantitative estimate of drug-likeness (QED) is 0.559. The van der Waals surface area contributed by atoms with Crippen LogP contribution in [-0.2, 0) is 10.8 Å². The van der Waals surface area contributed by atoms with Crippen molar-refractivity contribution in [3.63, 3.8) is 0 Å². The van der Waals surface area contributed by atoms with E-state index in [2.05, 4.69) is 88.5 Å². The summed E-state index contributed by atoms with van der Waals surface area (Å²) < 4.78 is 0. The lowest BCUT2D eigenvalue weighted by Gasteiger charge is -2.22. The molecule has 138 valence electrons. The summed E-state index contributed by atoms with van der Waals surface area (Å²) in [6.45, 7) is 13.0. The number of rotatable bonds is 3. The largest absolute Gasteiger partial charge is 0.276 e. The first-order valence-corrected chi connectivity index (χ1v) is 8.95. The van der Waals surface area contributed by atoms with Crippen LogP contribution in [0.1, 0.15) is 52.7 Å². The van der Waals surface area contributed by atoms with Gasteiger partial charge in [0.1, 0.15) is 12.1 Å². The predicted octanol–water partition coefficient (Wildman–Crippen LogP) is 5.76. The lowest BCUT2D eigenvalue weighted by Crippen LogP contribution is -2.12. The van der Waals surface area contributed by atoms with Crippen molar-refractivity contribution in [3.8, 4) is 23.3 Å². The molecule has 2 aromatic carbocycles. The zero-order chi connectivity index (χ0) is 20.2. The van der Waals surface area contributed by atoms with Gasteiger partial charge >= 0.3 is 0 Å². The van der Waals surface area contributed by atoms with E-state index < -0.39 is 0 Å². The molecule has 0 aliphatic rings. The SMILES string of the molecule is CC(C)(C)c1ccc(-c2ccc(C(C)(C)C)cc2NN=C(C#N)C#N)cc1. The summed E-state index contributed by atoms with van der Waals surface area (Å²) >= 11 is 0. The van der Waals surface area contributed by atoms with Crippen LogP contribution in [0.2, 0.25) is 0 Å². The standard InChI is InChI=1S/C23H26N4/c1-22(2,3)17-9-7-16(8-10-17)20-12-11-18(23(4,5)6)13-21(20)27-26-19(14-24)15-25/h7-13,27H,1-6H3. The van der Waals surface area contributed by atoms with Crippen molar-refractivity contribution in [1.82, 2.24) is 0 Å². The van der Waals surface area contributed by atoms with Crippen LogP contribution >= 0.6 is 0 Å². The first kappa shape index (κ1) is 20.2. The highest BCUT2D eigenvalue weighted by Crippen LogP contribution is 2.34. The van der Waals surface area contributed by atoms with Gasteiger partial charge in [-0.3, -0.25) is 5.43 Å². The molecule has 2 aromatic rings. The van der Waals surface area contributed by atoms with E-state index in [1.54, 1.807) is 12.1 Å². The third-order valence-electron chi connectivity index (χ3n) is 4.45. The van der Waals surface area contributed by atoms with Crippen LogP contribution in [0.5, 0.6) is 0 Å². The van der Waals surface area contributed by atoms with Gasteiger partial charge in [0.05, 0.1) is 5.69 Å². The number of hydrazone groups is 1. The summed E-state index contributed by atoms with van der Waals surface area (Å²) in [6, 6.07) is 18.2. The van der Waals surface area contributed by atoms with E-state index in [0.29, 0.717) is 0 Å². The van der Waals surface area contributed by atoms with Crippen molar-refractivity contribution >= 4 is 11.4 Å². The lowest BCUT2D eigenvalue weighted by atomic mass is 9.84. The summed E-state index contributed by atoms with van der Waals surface area (Å²) in [5.74, 6) is 0. The van der Waals surface area contributed by atoms with Gasteiger partial charge < -0.3 is 0 Å². The molecule has 0 aliphatic carbocycles. The molecule has 1 N–H and O–H groups in total. The summed E-state index contributed by atoms with van der Waals surface area (Å²) in [7, 11) is 0. The van der Waals surface area contributed by atoms with Crippen LogP contribution < -0.4 is 5.43 Å². The highest BCUT2D eigenvalue weighted by atomic mass is 15.3. The van der Waals surface area contributed by atoms with Gasteiger partial charge in [-0.1, -0.05) is 77.9 Å². The second kappa shape index (κ2) is 7.64. The Bertz CT molecular complexity index is 909. The Morgan fingerprint density at radius 1 is 0.815 bits per heavy atom. The fourth-order valence-electron chi connectivity index (χ4n) is 2.70. The van der Waals surface area contributed by atoms with Gasteiger partial charge in [0.15, 0.2) is 0 Å². The molecule has 27 heavy (non-hydrogen) atoms. The highest BCUT2D eigenvalue weighted by molar-refractivity contribution is 6.10. The zero-order valence-electron chi connectivity index (χ0n) is 16.9. The van der Waals surface area contributed by atoms with Crippen LogP contribution in [0, 0.1) is 22.7 Å². The zero-order valence-corrected chi connectivity index (χ0v) is 16.9. The number of nitrogens with one attached hydrogen (secondary N) is 1. The van der Waals surface area contributed by atoms with Gasteiger partial charge in [0.25, 0.3) is 0 Å². The Labute approximate surface area is 162 Å². The minimum atomic E-state index is -0.204. The Balaban J connectivity index is 2.53. The maximum absolute atomic E-state index is 8.94. The Hall–Kier alpha value is -3.11. The first-order valence-electron chi connectivity index (χ1n) is 8.95. The summed E-state index contributed by atoms with van der Waals surface area (Å²) in [5.41, 5.74) is 7.98. The van der Waals surface area contributed by atoms with Crippen molar-refractivity contribution in [2.75, 3.05) is 5.43 Å². The normalized spacial score (nSPS) is 11.3. The molecule has 2 rings (SSSR count). The van der Waals surface area contributed by atoms with E-state index in [0.717, 1.165) is 22.4 Å². The highest BCUT2D eigenvalue weighted by Gasteiger charge is 2.17. The van der Waals surface area contributed by atoms with E-state index in [4.69, 9.17) is 10.5 Å². The molecule has 0 fully saturated rings. The predicted molar refractivity (Wildman–Crippen MR) is 112 cm³/mol. The monoisotopic (exact) mass is 358 g/mol. The minimum Gasteiger partial charge on any atom is -0.276 e. The smallest absolute Gasteiger partial charge is 0.237 e. The number of nitriles is 2. The van der Waals surface area contributed by atoms with Crippen molar-refractivity contribution < 1.29 is 0 Å². The average Bonchev–Trinajstić information content (AvgIpc) is 2.61. The molecule has 0 aliphatic heterocycles. The molecular formula is C23H26N4. The van der Waals surface area contributed by atoms with Crippen LogP contribution in [0.25, 0.3) is 11.1 Å². The fraction of sp³-hybridized carbons (Fsp3) is 0.348. The Kier molecular flexibility index (Phi) is 5.72. The Morgan fingerprint density at radius 3 is 1.81 bits per heavy atom. The second-order valence-corrected chi connectivity index (χ2v) is 8.63. The molecular weight excluding hydrogens is 332 g/mol. The Morgan fingerprint density at radius 2 is 1.33 bits per heavy atom. The number of hydrogen-bond donors (Lipinski definition) is 1. The lowest BCUT2D eigenvalue weighted by molar-refractivity contribution is 0.590. The second-order valence-electron chi connectivity index (χ2n) is 8.63. The van der Waals surface area contributed by atoms with Crippen LogP contribution in [-0.4, -0.2) is 5.71 Å². The van der Waals surface area contributed by atoms with Crippen molar-refractivity contribution in [2.45, 2.75) is 52.4 Å². The molecule has 0 radical (unpaired) electrons. The molecule has 0 unspecified atom stereocenters. The van der Waals surface area contributed by atoms with Crippen LogP contribution in [0.3, 0.4) is 0 Å². The van der Waals surface area contributed by atoms with Crippen molar-refractivity contribution in [2.24, 2.45) is 5.10 Å². The third kappa shape index (κ3) is 4.96. The molecule has 0 atom stereocenters. The van der Waals surface area contributed by atoms with Gasteiger partial charge in [-0.2, -0.15) is 15.6 Å². The molecule has 0 aromatic heterocycles. The van der Waals surface area contributed by atoms with Gasteiger partial charge in [0.2, 0.25) is 5.71 Å². The van der Waals surface area contributed by atoms with Gasteiger partial charge in [-0.25, -0.2) is 0 Å². The first-order chi connectivity index (χ1) is 12.6. The fourth-order valence-corrected chi connectivity index (χ4v) is 2.70. The van der Waals surface area contributed by atoms with E-state index in [9.17, 15) is 0 Å². The molecule has 4 nitrogen and oxygen atoms in total. The maximum Gasteiger partial charge on any atom is 0.237 e. The third-order valence-corrected chi connectivity index (χ3v) is 4.45. The number of anilines is 1. The van der Waals surface area contributed by atoms with Gasteiger partial charge in [-0.05, 0) is 33.6 Å². The molecule has 0 amide bonds. The van der Waals surface area contributed by atoms with E-state index in [1.165, 1.54) is 5.56 Å². The molecule has 0 bridgehead atoms. The molecule has 0 saturated heterocycles. The van der Waals surface area contributed by atoms with E-state index in [1.807, 2.05) is 6.07 Å². The van der Waals surface area contributed by atoms with E-state index >= 15 is 0 Å². The van der Waals surface area contributed by atoms with Gasteiger partial charge in [-0.15, -0.1) is 0 Å².